The van der Waals surface area contributed by atoms with Crippen LogP contribution in [0.3, 0.4) is 0 Å². The van der Waals surface area contributed by atoms with E-state index in [9.17, 15) is 26.4 Å². The first-order chi connectivity index (χ1) is 18.6. The van der Waals surface area contributed by atoms with Crippen molar-refractivity contribution >= 4 is 15.9 Å². The quantitative estimate of drug-likeness (QED) is 0.361. The molecule has 1 heterocycles. The lowest BCUT2D eigenvalue weighted by Gasteiger charge is -2.22. The minimum Gasteiger partial charge on any atom is -0.493 e. The Labute approximate surface area is 225 Å². The maximum atomic E-state index is 12.6. The van der Waals surface area contributed by atoms with Crippen LogP contribution < -0.4 is 14.2 Å². The molecule has 39 heavy (non-hydrogen) atoms. The van der Waals surface area contributed by atoms with Crippen LogP contribution in [0.25, 0.3) is 0 Å². The van der Waals surface area contributed by atoms with E-state index in [0.29, 0.717) is 23.5 Å². The van der Waals surface area contributed by atoms with Crippen molar-refractivity contribution in [1.29, 1.82) is 0 Å². The van der Waals surface area contributed by atoms with Gasteiger partial charge in [0.05, 0.1) is 19.6 Å². The zero-order valence-electron chi connectivity index (χ0n) is 21.3. The van der Waals surface area contributed by atoms with Gasteiger partial charge in [0, 0.05) is 18.3 Å². The predicted octanol–water partition coefficient (Wildman–Crippen LogP) is 5.29. The smallest absolute Gasteiger partial charge is 0.493 e. The van der Waals surface area contributed by atoms with Gasteiger partial charge < -0.3 is 9.47 Å². The number of ether oxygens (including phenoxy) is 2. The number of pyridine rings is 1. The number of aromatic nitrogens is 1. The van der Waals surface area contributed by atoms with Crippen molar-refractivity contribution in [1.82, 2.24) is 9.71 Å². The number of rotatable bonds is 10. The zero-order chi connectivity index (χ0) is 28.0. The molecule has 1 fully saturated rings. The van der Waals surface area contributed by atoms with Crippen LogP contribution in [0, 0.1) is 0 Å². The van der Waals surface area contributed by atoms with Crippen LogP contribution >= 0.6 is 0 Å². The topological polar surface area (TPSA) is 94.6 Å². The fourth-order valence-corrected chi connectivity index (χ4v) is 5.16. The molecule has 0 aliphatic heterocycles. The van der Waals surface area contributed by atoms with E-state index >= 15 is 0 Å². The van der Waals surface area contributed by atoms with Crippen LogP contribution in [-0.4, -0.2) is 38.0 Å². The molecular weight excluding hydrogens is 533 g/mol. The molecule has 7 nitrogen and oxygen atoms in total. The van der Waals surface area contributed by atoms with Gasteiger partial charge in [-0.15, -0.1) is 0 Å². The van der Waals surface area contributed by atoms with Crippen LogP contribution in [0.2, 0.25) is 0 Å². The summed E-state index contributed by atoms with van der Waals surface area (Å²) in [6.45, 7) is 0. The Bertz CT molecular complexity index is 1370. The summed E-state index contributed by atoms with van der Waals surface area (Å²) in [5.74, 6) is -0.0840. The van der Waals surface area contributed by atoms with E-state index in [1.807, 2.05) is 30.3 Å². The SMILES string of the molecule is COc1ccc([C@H](Cc2ccncc2)c2ccc(CC(=O)NS(=O)(=O)C(F)(F)F)cc2)cc1OC1CCCC1. The second-order valence-corrected chi connectivity index (χ2v) is 11.1. The summed E-state index contributed by atoms with van der Waals surface area (Å²) < 4.78 is 73.1. The van der Waals surface area contributed by atoms with Crippen molar-refractivity contribution in [3.05, 3.63) is 89.2 Å². The third-order valence-electron chi connectivity index (χ3n) is 6.67. The van der Waals surface area contributed by atoms with Gasteiger partial charge in [0.1, 0.15) is 0 Å². The number of amides is 1. The van der Waals surface area contributed by atoms with Gasteiger partial charge in [-0.05, 0) is 78.6 Å². The molecule has 0 bridgehead atoms. The Morgan fingerprint density at radius 3 is 2.23 bits per heavy atom. The number of benzene rings is 2. The van der Waals surface area contributed by atoms with E-state index in [1.54, 1.807) is 43.8 Å². The summed E-state index contributed by atoms with van der Waals surface area (Å²) in [5, 5.41) is 0. The Kier molecular flexibility index (Phi) is 8.79. The summed E-state index contributed by atoms with van der Waals surface area (Å²) in [7, 11) is -4.16. The minimum atomic E-state index is -5.75. The number of sulfonamides is 1. The largest absolute Gasteiger partial charge is 0.516 e. The zero-order valence-corrected chi connectivity index (χ0v) is 22.1. The summed E-state index contributed by atoms with van der Waals surface area (Å²) >= 11 is 0. The predicted molar refractivity (Wildman–Crippen MR) is 139 cm³/mol. The molecule has 208 valence electrons. The molecule has 1 atom stereocenters. The van der Waals surface area contributed by atoms with E-state index in [2.05, 4.69) is 4.98 Å². The first kappa shape index (κ1) is 28.4. The van der Waals surface area contributed by atoms with Crippen molar-refractivity contribution in [2.45, 2.75) is 56.1 Å². The first-order valence-electron chi connectivity index (χ1n) is 12.5. The average molecular weight is 563 g/mol. The Balaban J connectivity index is 1.59. The lowest BCUT2D eigenvalue weighted by molar-refractivity contribution is -0.119. The van der Waals surface area contributed by atoms with Gasteiger partial charge in [-0.25, -0.2) is 4.72 Å². The van der Waals surface area contributed by atoms with Gasteiger partial charge in [0.2, 0.25) is 5.91 Å². The number of nitrogens with one attached hydrogen (secondary N) is 1. The van der Waals surface area contributed by atoms with E-state index in [4.69, 9.17) is 9.47 Å². The number of nitrogens with zero attached hydrogens (tertiary/aromatic N) is 1. The highest BCUT2D eigenvalue weighted by Crippen LogP contribution is 2.37. The van der Waals surface area contributed by atoms with E-state index < -0.39 is 27.9 Å². The molecule has 1 N–H and O–H groups in total. The van der Waals surface area contributed by atoms with Gasteiger partial charge in [0.15, 0.2) is 11.5 Å². The Morgan fingerprint density at radius 2 is 1.62 bits per heavy atom. The minimum absolute atomic E-state index is 0.127. The van der Waals surface area contributed by atoms with Gasteiger partial charge in [0.25, 0.3) is 0 Å². The van der Waals surface area contributed by atoms with Crippen molar-refractivity contribution in [3.8, 4) is 11.5 Å². The fraction of sp³-hybridized carbons (Fsp3) is 0.357. The lowest BCUT2D eigenvalue weighted by Crippen LogP contribution is -2.40. The van der Waals surface area contributed by atoms with Crippen LogP contribution in [0.4, 0.5) is 13.2 Å². The van der Waals surface area contributed by atoms with Crippen LogP contribution in [0.1, 0.15) is 53.9 Å². The second kappa shape index (κ2) is 12.1. The normalized spacial score (nSPS) is 15.1. The molecule has 2 aromatic carbocycles. The van der Waals surface area contributed by atoms with Crippen molar-refractivity contribution in [2.24, 2.45) is 0 Å². The molecule has 1 amide bonds. The molecule has 0 saturated heterocycles. The molecule has 11 heteroatoms. The van der Waals surface area contributed by atoms with Gasteiger partial charge in [-0.1, -0.05) is 30.3 Å². The standard InChI is InChI=1S/C28H29F3N2O5S/c1-37-25-11-10-22(18-26(25)38-23-4-2-3-5-23)24(16-20-12-14-32-15-13-20)21-8-6-19(7-9-21)17-27(34)33-39(35,36)28(29,30)31/h6-15,18,23-24H,2-5,16-17H2,1H3,(H,33,34)/t24-/m1/s1. The fourth-order valence-electron chi connectivity index (χ4n) is 4.67. The second-order valence-electron chi connectivity index (χ2n) is 9.44. The number of methoxy groups -OCH3 is 1. The molecule has 1 aliphatic rings. The number of carbonyl (C=O) groups excluding carboxylic acids is 1. The number of carbonyl (C=O) groups is 1. The molecule has 1 aromatic heterocycles. The maximum absolute atomic E-state index is 12.6. The molecule has 3 aromatic rings. The molecule has 1 aliphatic carbocycles. The Morgan fingerprint density at radius 1 is 0.974 bits per heavy atom. The Hall–Kier alpha value is -3.60. The highest BCUT2D eigenvalue weighted by molar-refractivity contribution is 7.90. The first-order valence-corrected chi connectivity index (χ1v) is 14.0. The molecule has 0 radical (unpaired) electrons. The van der Waals surface area contributed by atoms with Crippen molar-refractivity contribution in [2.75, 3.05) is 7.11 Å². The molecule has 1 saturated carbocycles. The molecule has 4 rings (SSSR count). The monoisotopic (exact) mass is 562 g/mol. The summed E-state index contributed by atoms with van der Waals surface area (Å²) in [4.78, 5) is 16.1. The highest BCUT2D eigenvalue weighted by Gasteiger charge is 2.46. The third-order valence-corrected chi connectivity index (χ3v) is 7.78. The summed E-state index contributed by atoms with van der Waals surface area (Å²) in [6, 6.07) is 16.4. The van der Waals surface area contributed by atoms with Crippen LogP contribution in [0.15, 0.2) is 67.0 Å². The van der Waals surface area contributed by atoms with Gasteiger partial charge in [-0.2, -0.15) is 21.6 Å². The number of hydrogen-bond acceptors (Lipinski definition) is 6. The van der Waals surface area contributed by atoms with E-state index in [-0.39, 0.29) is 12.0 Å². The highest BCUT2D eigenvalue weighted by atomic mass is 32.2. The summed E-state index contributed by atoms with van der Waals surface area (Å²) in [5.41, 5.74) is -2.27. The van der Waals surface area contributed by atoms with E-state index in [0.717, 1.165) is 47.1 Å². The van der Waals surface area contributed by atoms with Crippen LogP contribution in [0.5, 0.6) is 11.5 Å². The third kappa shape index (κ3) is 7.29. The van der Waals surface area contributed by atoms with Crippen molar-refractivity contribution < 1.29 is 35.9 Å². The van der Waals surface area contributed by atoms with Gasteiger partial charge in [-0.3, -0.25) is 9.78 Å². The molecular formula is C28H29F3N2O5S. The molecule has 0 unspecified atom stereocenters. The maximum Gasteiger partial charge on any atom is 0.516 e. The molecule has 0 spiro atoms. The lowest BCUT2D eigenvalue weighted by atomic mass is 9.85. The van der Waals surface area contributed by atoms with Crippen LogP contribution in [-0.2, 0) is 27.7 Å². The number of alkyl halides is 3. The van der Waals surface area contributed by atoms with Crippen molar-refractivity contribution in [3.63, 3.8) is 0 Å². The number of halogens is 3. The van der Waals surface area contributed by atoms with E-state index in [1.165, 1.54) is 0 Å². The number of hydrogen-bond donors (Lipinski definition) is 1. The van der Waals surface area contributed by atoms with Gasteiger partial charge >= 0.3 is 15.5 Å². The summed E-state index contributed by atoms with van der Waals surface area (Å²) in [6.07, 6.45) is 7.92. The average Bonchev–Trinajstić information content (AvgIpc) is 3.40.